The minimum absolute atomic E-state index is 0.110. The number of rotatable bonds is 9. The van der Waals surface area contributed by atoms with E-state index in [1.54, 1.807) is 48.5 Å². The summed E-state index contributed by atoms with van der Waals surface area (Å²) in [5.41, 5.74) is 3.66. The maximum atomic E-state index is 13.3. The van der Waals surface area contributed by atoms with E-state index >= 15 is 0 Å². The SMILES string of the molecule is Cc1ccc(/C=C(\NC(=O)c2ccccc2)C(=O)Nc2cccc(SCC(=O)Nc3ccccc3Br)c2)cc1. The normalized spacial score (nSPS) is 11.0. The van der Waals surface area contributed by atoms with Gasteiger partial charge in [0.2, 0.25) is 5.91 Å². The zero-order chi connectivity index (χ0) is 27.6. The molecule has 196 valence electrons. The molecule has 0 aromatic heterocycles. The van der Waals surface area contributed by atoms with Gasteiger partial charge in [0.15, 0.2) is 0 Å². The number of amides is 3. The summed E-state index contributed by atoms with van der Waals surface area (Å²) in [6.07, 6.45) is 1.64. The molecule has 0 bridgehead atoms. The van der Waals surface area contributed by atoms with Crippen molar-refractivity contribution < 1.29 is 14.4 Å². The second-order valence-corrected chi connectivity index (χ2v) is 10.5. The molecule has 0 saturated heterocycles. The van der Waals surface area contributed by atoms with Crippen molar-refractivity contribution in [1.29, 1.82) is 0 Å². The van der Waals surface area contributed by atoms with Gasteiger partial charge in [-0.1, -0.05) is 66.2 Å². The standard InChI is InChI=1S/C31H26BrN3O3S/c1-21-14-16-22(17-15-21)18-28(35-30(37)23-8-3-2-4-9-23)31(38)33-24-10-7-11-25(19-24)39-20-29(36)34-27-13-6-5-12-26(27)32/h2-19H,20H2,1H3,(H,33,38)(H,34,36)(H,35,37)/b28-18-. The molecule has 0 radical (unpaired) electrons. The molecule has 39 heavy (non-hydrogen) atoms. The first-order chi connectivity index (χ1) is 18.9. The van der Waals surface area contributed by atoms with E-state index in [1.165, 1.54) is 11.8 Å². The third-order valence-corrected chi connectivity index (χ3v) is 7.21. The van der Waals surface area contributed by atoms with E-state index in [4.69, 9.17) is 0 Å². The molecule has 0 aliphatic rings. The van der Waals surface area contributed by atoms with Crippen LogP contribution in [0.3, 0.4) is 0 Å². The molecule has 0 fully saturated rings. The summed E-state index contributed by atoms with van der Waals surface area (Å²) in [6.45, 7) is 1.98. The second-order valence-electron chi connectivity index (χ2n) is 8.59. The Bertz CT molecular complexity index is 1510. The zero-order valence-electron chi connectivity index (χ0n) is 21.1. The summed E-state index contributed by atoms with van der Waals surface area (Å²) in [5.74, 6) is -0.795. The van der Waals surface area contributed by atoms with Crippen molar-refractivity contribution in [2.75, 3.05) is 16.4 Å². The minimum Gasteiger partial charge on any atom is -0.324 e. The number of nitrogens with one attached hydrogen (secondary N) is 3. The monoisotopic (exact) mass is 599 g/mol. The van der Waals surface area contributed by atoms with Crippen molar-refractivity contribution in [1.82, 2.24) is 5.32 Å². The Morgan fingerprint density at radius 2 is 1.54 bits per heavy atom. The minimum atomic E-state index is -0.464. The number of carbonyl (C=O) groups excluding carboxylic acids is 3. The number of hydrogen-bond acceptors (Lipinski definition) is 4. The summed E-state index contributed by atoms with van der Waals surface area (Å²) < 4.78 is 0.807. The summed E-state index contributed by atoms with van der Waals surface area (Å²) >= 11 is 4.78. The fraction of sp³-hybridized carbons (Fsp3) is 0.0645. The molecule has 0 unspecified atom stereocenters. The number of hydrogen-bond donors (Lipinski definition) is 3. The van der Waals surface area contributed by atoms with Crippen molar-refractivity contribution >= 4 is 62.9 Å². The molecule has 0 aliphatic carbocycles. The molecule has 8 heteroatoms. The van der Waals surface area contributed by atoms with E-state index in [0.717, 1.165) is 20.5 Å². The number of carbonyl (C=O) groups is 3. The van der Waals surface area contributed by atoms with Gasteiger partial charge in [-0.15, -0.1) is 11.8 Å². The van der Waals surface area contributed by atoms with Crippen LogP contribution in [-0.2, 0) is 9.59 Å². The Hall–Kier alpha value is -4.14. The molecular weight excluding hydrogens is 574 g/mol. The van der Waals surface area contributed by atoms with Crippen LogP contribution in [0.15, 0.2) is 118 Å². The molecular formula is C31H26BrN3O3S. The lowest BCUT2D eigenvalue weighted by Gasteiger charge is -2.12. The largest absolute Gasteiger partial charge is 0.324 e. The Balaban J connectivity index is 1.45. The lowest BCUT2D eigenvalue weighted by molar-refractivity contribution is -0.114. The van der Waals surface area contributed by atoms with E-state index in [-0.39, 0.29) is 23.3 Å². The van der Waals surface area contributed by atoms with Gasteiger partial charge in [0.25, 0.3) is 11.8 Å². The number of para-hydroxylation sites is 1. The highest BCUT2D eigenvalue weighted by atomic mass is 79.9. The quantitative estimate of drug-likeness (QED) is 0.144. The van der Waals surface area contributed by atoms with Crippen LogP contribution in [0.2, 0.25) is 0 Å². The van der Waals surface area contributed by atoms with E-state index in [0.29, 0.717) is 16.9 Å². The Morgan fingerprint density at radius 1 is 0.821 bits per heavy atom. The van der Waals surface area contributed by atoms with Gasteiger partial charge in [0.1, 0.15) is 5.70 Å². The van der Waals surface area contributed by atoms with Crippen LogP contribution in [0.4, 0.5) is 11.4 Å². The summed E-state index contributed by atoms with van der Waals surface area (Å²) in [4.78, 5) is 39.4. The Labute approximate surface area is 240 Å². The fourth-order valence-corrected chi connectivity index (χ4v) is 4.67. The first-order valence-corrected chi connectivity index (χ1v) is 13.9. The molecule has 0 saturated carbocycles. The molecule has 3 amide bonds. The average Bonchev–Trinajstić information content (AvgIpc) is 2.94. The maximum absolute atomic E-state index is 13.3. The summed E-state index contributed by atoms with van der Waals surface area (Å²) in [7, 11) is 0. The third kappa shape index (κ3) is 8.43. The highest BCUT2D eigenvalue weighted by Crippen LogP contribution is 2.24. The van der Waals surface area contributed by atoms with Crippen molar-refractivity contribution in [2.24, 2.45) is 0 Å². The van der Waals surface area contributed by atoms with E-state index in [2.05, 4.69) is 31.9 Å². The number of aryl methyl sites for hydroxylation is 1. The molecule has 0 aliphatic heterocycles. The topological polar surface area (TPSA) is 87.3 Å². The van der Waals surface area contributed by atoms with Crippen LogP contribution < -0.4 is 16.0 Å². The second kappa shape index (κ2) is 13.6. The summed E-state index contributed by atoms with van der Waals surface area (Å²) in [6, 6.07) is 31.0. The van der Waals surface area contributed by atoms with Crippen LogP contribution in [0.1, 0.15) is 21.5 Å². The van der Waals surface area contributed by atoms with Crippen molar-refractivity contribution in [3.05, 3.63) is 130 Å². The van der Waals surface area contributed by atoms with Gasteiger partial charge in [-0.3, -0.25) is 14.4 Å². The van der Waals surface area contributed by atoms with Gasteiger partial charge in [-0.25, -0.2) is 0 Å². The van der Waals surface area contributed by atoms with Gasteiger partial charge in [-0.05, 0) is 77.0 Å². The van der Waals surface area contributed by atoms with E-state index in [9.17, 15) is 14.4 Å². The third-order valence-electron chi connectivity index (χ3n) is 5.53. The van der Waals surface area contributed by atoms with Gasteiger partial charge in [0, 0.05) is 20.6 Å². The first-order valence-electron chi connectivity index (χ1n) is 12.1. The van der Waals surface area contributed by atoms with Gasteiger partial charge >= 0.3 is 0 Å². The van der Waals surface area contributed by atoms with E-state index < -0.39 is 5.91 Å². The Morgan fingerprint density at radius 3 is 2.28 bits per heavy atom. The molecule has 0 spiro atoms. The Kier molecular flexibility index (Phi) is 9.72. The zero-order valence-corrected chi connectivity index (χ0v) is 23.5. The smallest absolute Gasteiger partial charge is 0.272 e. The van der Waals surface area contributed by atoms with Crippen molar-refractivity contribution in [2.45, 2.75) is 11.8 Å². The number of halogens is 1. The lowest BCUT2D eigenvalue weighted by atomic mass is 10.1. The van der Waals surface area contributed by atoms with Crippen molar-refractivity contribution in [3.63, 3.8) is 0 Å². The highest BCUT2D eigenvalue weighted by molar-refractivity contribution is 9.10. The molecule has 4 aromatic rings. The van der Waals surface area contributed by atoms with Gasteiger partial charge in [-0.2, -0.15) is 0 Å². The molecule has 0 heterocycles. The predicted octanol–water partition coefficient (Wildman–Crippen LogP) is 6.90. The van der Waals surface area contributed by atoms with Crippen LogP contribution in [0, 0.1) is 6.92 Å². The summed E-state index contributed by atoms with van der Waals surface area (Å²) in [5, 5.41) is 8.49. The highest BCUT2D eigenvalue weighted by Gasteiger charge is 2.15. The predicted molar refractivity (Wildman–Crippen MR) is 162 cm³/mol. The van der Waals surface area contributed by atoms with Crippen LogP contribution in [-0.4, -0.2) is 23.5 Å². The number of thioether (sulfide) groups is 1. The van der Waals surface area contributed by atoms with Crippen LogP contribution >= 0.6 is 27.7 Å². The maximum Gasteiger partial charge on any atom is 0.272 e. The molecule has 6 nitrogen and oxygen atoms in total. The molecule has 0 atom stereocenters. The number of anilines is 2. The van der Waals surface area contributed by atoms with Gasteiger partial charge < -0.3 is 16.0 Å². The van der Waals surface area contributed by atoms with E-state index in [1.807, 2.05) is 67.6 Å². The number of benzene rings is 4. The lowest BCUT2D eigenvalue weighted by Crippen LogP contribution is -2.30. The van der Waals surface area contributed by atoms with Crippen molar-refractivity contribution in [3.8, 4) is 0 Å². The molecule has 3 N–H and O–H groups in total. The van der Waals surface area contributed by atoms with Crippen LogP contribution in [0.25, 0.3) is 6.08 Å². The molecule has 4 aromatic carbocycles. The van der Waals surface area contributed by atoms with Gasteiger partial charge in [0.05, 0.1) is 11.4 Å². The van der Waals surface area contributed by atoms with Crippen LogP contribution in [0.5, 0.6) is 0 Å². The first kappa shape index (κ1) is 27.9. The molecule has 4 rings (SSSR count). The average molecular weight is 601 g/mol. The fourth-order valence-electron chi connectivity index (χ4n) is 3.53.